The van der Waals surface area contributed by atoms with Crippen molar-refractivity contribution in [1.82, 2.24) is 4.72 Å². The van der Waals surface area contributed by atoms with Gasteiger partial charge in [-0.1, -0.05) is 54.6 Å². The normalized spacial score (nSPS) is 11.3. The van der Waals surface area contributed by atoms with Crippen molar-refractivity contribution in [2.75, 3.05) is 14.2 Å². The van der Waals surface area contributed by atoms with E-state index in [9.17, 15) is 8.42 Å². The molecule has 7 heteroatoms. The Balaban J connectivity index is 1.58. The second-order valence-corrected chi connectivity index (χ2v) is 8.37. The van der Waals surface area contributed by atoms with Crippen LogP contribution in [-0.4, -0.2) is 22.6 Å². The number of rotatable bonds is 10. The van der Waals surface area contributed by atoms with E-state index in [1.807, 2.05) is 54.6 Å². The van der Waals surface area contributed by atoms with Gasteiger partial charge < -0.3 is 14.2 Å². The molecule has 0 radical (unpaired) electrons. The van der Waals surface area contributed by atoms with Gasteiger partial charge in [-0.2, -0.15) is 0 Å². The predicted octanol–water partition coefficient (Wildman–Crippen LogP) is 3.90. The number of benzene rings is 3. The maximum atomic E-state index is 12.7. The lowest BCUT2D eigenvalue weighted by molar-refractivity contribution is 0.107. The van der Waals surface area contributed by atoms with Crippen LogP contribution in [0, 0.1) is 0 Å². The molecule has 0 spiro atoms. The molecule has 0 aliphatic heterocycles. The molecule has 0 aliphatic rings. The maximum absolute atomic E-state index is 12.7. The van der Waals surface area contributed by atoms with Gasteiger partial charge >= 0.3 is 0 Å². The molecule has 0 bridgehead atoms. The third kappa shape index (κ3) is 5.82. The van der Waals surface area contributed by atoms with Crippen molar-refractivity contribution < 1.29 is 22.6 Å². The Morgan fingerprint density at radius 1 is 0.767 bits per heavy atom. The van der Waals surface area contributed by atoms with Crippen molar-refractivity contribution in [2.24, 2.45) is 0 Å². The first kappa shape index (κ1) is 21.8. The number of nitrogens with one attached hydrogen (secondary N) is 1. The summed E-state index contributed by atoms with van der Waals surface area (Å²) < 4.78 is 44.1. The fourth-order valence-corrected chi connectivity index (χ4v) is 4.06. The van der Waals surface area contributed by atoms with Crippen LogP contribution in [0.3, 0.4) is 0 Å². The van der Waals surface area contributed by atoms with Gasteiger partial charge in [0, 0.05) is 12.6 Å². The average Bonchev–Trinajstić information content (AvgIpc) is 2.79. The van der Waals surface area contributed by atoms with Crippen LogP contribution in [0.1, 0.15) is 16.7 Å². The summed E-state index contributed by atoms with van der Waals surface area (Å²) in [7, 11) is -0.856. The molecule has 0 aromatic heterocycles. The van der Waals surface area contributed by atoms with Gasteiger partial charge in [-0.15, -0.1) is 0 Å². The van der Waals surface area contributed by atoms with E-state index in [2.05, 4.69) is 4.72 Å². The number of ether oxygens (including phenoxy) is 3. The highest BCUT2D eigenvalue weighted by atomic mass is 32.2. The molecule has 0 saturated heterocycles. The van der Waals surface area contributed by atoms with Gasteiger partial charge in [-0.05, 0) is 28.8 Å². The summed E-state index contributed by atoms with van der Waals surface area (Å²) in [5.41, 5.74) is 2.98. The van der Waals surface area contributed by atoms with E-state index < -0.39 is 10.0 Å². The second-order valence-electron chi connectivity index (χ2n) is 6.64. The van der Waals surface area contributed by atoms with Crippen LogP contribution in [0.15, 0.2) is 77.7 Å². The van der Waals surface area contributed by atoms with Crippen molar-refractivity contribution in [3.8, 4) is 11.5 Å². The van der Waals surface area contributed by atoms with Gasteiger partial charge in [0.2, 0.25) is 10.0 Å². The molecule has 0 heterocycles. The summed E-state index contributed by atoms with van der Waals surface area (Å²) in [5, 5.41) is 0. The van der Waals surface area contributed by atoms with Crippen LogP contribution in [0.4, 0.5) is 0 Å². The van der Waals surface area contributed by atoms with Crippen molar-refractivity contribution in [3.63, 3.8) is 0 Å². The zero-order valence-electron chi connectivity index (χ0n) is 17.0. The van der Waals surface area contributed by atoms with Crippen LogP contribution in [-0.2, 0) is 34.5 Å². The molecule has 0 atom stereocenters. The average molecular weight is 428 g/mol. The minimum absolute atomic E-state index is 0.0373. The highest BCUT2D eigenvalue weighted by Gasteiger charge is 2.20. The molecule has 1 N–H and O–H groups in total. The van der Waals surface area contributed by atoms with Crippen LogP contribution >= 0.6 is 0 Å². The number of hydrogen-bond donors (Lipinski definition) is 1. The third-order valence-corrected chi connectivity index (χ3v) is 5.95. The lowest BCUT2D eigenvalue weighted by atomic mass is 10.1. The Labute approximate surface area is 177 Å². The van der Waals surface area contributed by atoms with Crippen molar-refractivity contribution in [1.29, 1.82) is 0 Å². The molecule has 3 rings (SSSR count). The highest BCUT2D eigenvalue weighted by Crippen LogP contribution is 2.28. The fourth-order valence-electron chi connectivity index (χ4n) is 2.86. The summed E-state index contributed by atoms with van der Waals surface area (Å²) in [5.74, 6) is 0.699. The van der Waals surface area contributed by atoms with Gasteiger partial charge in [-0.3, -0.25) is 0 Å². The molecule has 0 aliphatic carbocycles. The van der Waals surface area contributed by atoms with E-state index in [0.29, 0.717) is 19.0 Å². The molecular weight excluding hydrogens is 402 g/mol. The topological polar surface area (TPSA) is 73.9 Å². The first-order valence-electron chi connectivity index (χ1n) is 9.43. The molecule has 0 fully saturated rings. The summed E-state index contributed by atoms with van der Waals surface area (Å²) >= 11 is 0. The molecular formula is C23H25NO5S. The lowest BCUT2D eigenvalue weighted by Gasteiger charge is -2.12. The van der Waals surface area contributed by atoms with E-state index in [1.54, 1.807) is 12.1 Å². The van der Waals surface area contributed by atoms with Crippen LogP contribution in [0.2, 0.25) is 0 Å². The fraction of sp³-hybridized carbons (Fsp3) is 0.217. The standard InChI is InChI=1S/C23H25NO5S/c1-27-21-12-13-22(28-2)23(14-21)30(25,26)24-15-18-8-10-20(11-9-18)17-29-16-19-6-4-3-5-7-19/h3-14,24H,15-17H2,1-2H3. The summed E-state index contributed by atoms with van der Waals surface area (Å²) in [6.07, 6.45) is 0. The largest absolute Gasteiger partial charge is 0.497 e. The number of sulfonamides is 1. The zero-order valence-corrected chi connectivity index (χ0v) is 17.8. The zero-order chi connectivity index (χ0) is 21.4. The van der Waals surface area contributed by atoms with Crippen molar-refractivity contribution >= 4 is 10.0 Å². The Bertz CT molecular complexity index is 1050. The Morgan fingerprint density at radius 2 is 1.40 bits per heavy atom. The smallest absolute Gasteiger partial charge is 0.244 e. The molecule has 0 saturated carbocycles. The molecule has 158 valence electrons. The van der Waals surface area contributed by atoms with E-state index in [1.165, 1.54) is 20.3 Å². The predicted molar refractivity (Wildman–Crippen MR) is 115 cm³/mol. The van der Waals surface area contributed by atoms with E-state index >= 15 is 0 Å². The Kier molecular flexibility index (Phi) is 7.46. The monoisotopic (exact) mass is 427 g/mol. The summed E-state index contributed by atoms with van der Waals surface area (Å²) in [6, 6.07) is 22.3. The third-order valence-electron chi connectivity index (χ3n) is 4.53. The van der Waals surface area contributed by atoms with Gasteiger partial charge in [0.25, 0.3) is 0 Å². The number of hydrogen-bond acceptors (Lipinski definition) is 5. The van der Waals surface area contributed by atoms with Crippen LogP contribution < -0.4 is 14.2 Å². The molecule has 30 heavy (non-hydrogen) atoms. The molecule has 0 amide bonds. The molecule has 3 aromatic carbocycles. The van der Waals surface area contributed by atoms with Crippen molar-refractivity contribution in [2.45, 2.75) is 24.7 Å². The van der Waals surface area contributed by atoms with Crippen LogP contribution in [0.5, 0.6) is 11.5 Å². The van der Waals surface area contributed by atoms with E-state index in [0.717, 1.165) is 16.7 Å². The Morgan fingerprint density at radius 3 is 2.03 bits per heavy atom. The maximum Gasteiger partial charge on any atom is 0.244 e. The van der Waals surface area contributed by atoms with Gasteiger partial charge in [0.1, 0.15) is 16.4 Å². The minimum atomic E-state index is -3.77. The Hall–Kier alpha value is -2.87. The second kappa shape index (κ2) is 10.2. The quantitative estimate of drug-likeness (QED) is 0.531. The van der Waals surface area contributed by atoms with Crippen LogP contribution in [0.25, 0.3) is 0 Å². The van der Waals surface area contributed by atoms with Gasteiger partial charge in [-0.25, -0.2) is 13.1 Å². The molecule has 6 nitrogen and oxygen atoms in total. The highest BCUT2D eigenvalue weighted by molar-refractivity contribution is 7.89. The van der Waals surface area contributed by atoms with E-state index in [-0.39, 0.29) is 17.2 Å². The van der Waals surface area contributed by atoms with Gasteiger partial charge in [0.15, 0.2) is 0 Å². The number of methoxy groups -OCH3 is 2. The molecule has 3 aromatic rings. The first-order valence-corrected chi connectivity index (χ1v) is 10.9. The van der Waals surface area contributed by atoms with E-state index in [4.69, 9.17) is 14.2 Å². The summed E-state index contributed by atoms with van der Waals surface area (Å²) in [6.45, 7) is 1.19. The van der Waals surface area contributed by atoms with Gasteiger partial charge in [0.05, 0.1) is 27.4 Å². The minimum Gasteiger partial charge on any atom is -0.497 e. The molecule has 0 unspecified atom stereocenters. The van der Waals surface area contributed by atoms with Crippen molar-refractivity contribution in [3.05, 3.63) is 89.5 Å². The summed E-state index contributed by atoms with van der Waals surface area (Å²) in [4.78, 5) is 0.0373. The first-order chi connectivity index (χ1) is 14.5. The SMILES string of the molecule is COc1ccc(OC)c(S(=O)(=O)NCc2ccc(COCc3ccccc3)cc2)c1. The lowest BCUT2D eigenvalue weighted by Crippen LogP contribution is -2.23.